The molecule has 1 rings (SSSR count). The minimum Gasteiger partial charge on any atom is -0.392 e. The van der Waals surface area contributed by atoms with Gasteiger partial charge in [-0.15, -0.1) is 0 Å². The maximum absolute atomic E-state index is 12.8. The predicted octanol–water partition coefficient (Wildman–Crippen LogP) is 1.18. The van der Waals surface area contributed by atoms with Crippen molar-refractivity contribution in [1.82, 2.24) is 15.2 Å². The molecule has 102 valence electrons. The standard InChI is InChI=1S/C13H22FN3O/c1-10(18)9-17(3)7-6-12(15-2)13-5-4-11(14)8-16-13/h4-5,8,10,12,15,18H,6-7,9H2,1-3H3. The minimum absolute atomic E-state index is 0.0991. The summed E-state index contributed by atoms with van der Waals surface area (Å²) in [6.07, 6.45) is 1.77. The van der Waals surface area contributed by atoms with Gasteiger partial charge in [0.05, 0.1) is 24.0 Å². The Bertz CT molecular complexity index is 343. The quantitative estimate of drug-likeness (QED) is 0.768. The fourth-order valence-electron chi connectivity index (χ4n) is 1.93. The van der Waals surface area contributed by atoms with E-state index in [-0.39, 0.29) is 18.0 Å². The molecule has 0 saturated heterocycles. The second-order valence-electron chi connectivity index (χ2n) is 4.64. The summed E-state index contributed by atoms with van der Waals surface area (Å²) in [6.45, 7) is 3.26. The molecule has 0 radical (unpaired) electrons. The Morgan fingerprint density at radius 3 is 2.72 bits per heavy atom. The summed E-state index contributed by atoms with van der Waals surface area (Å²) in [7, 11) is 3.84. The first-order valence-electron chi connectivity index (χ1n) is 6.18. The zero-order valence-corrected chi connectivity index (χ0v) is 11.2. The molecule has 0 fully saturated rings. The lowest BCUT2D eigenvalue weighted by atomic mass is 10.1. The number of hydrogen-bond donors (Lipinski definition) is 2. The summed E-state index contributed by atoms with van der Waals surface area (Å²) < 4.78 is 12.8. The molecule has 0 aliphatic carbocycles. The van der Waals surface area contributed by atoms with Crippen LogP contribution in [-0.4, -0.2) is 48.3 Å². The van der Waals surface area contributed by atoms with Crippen LogP contribution < -0.4 is 5.32 Å². The third kappa shape index (κ3) is 5.08. The number of nitrogens with one attached hydrogen (secondary N) is 1. The number of rotatable bonds is 7. The largest absolute Gasteiger partial charge is 0.392 e. The third-order valence-electron chi connectivity index (χ3n) is 2.83. The molecule has 0 bridgehead atoms. The van der Waals surface area contributed by atoms with Crippen LogP contribution in [-0.2, 0) is 0 Å². The topological polar surface area (TPSA) is 48.4 Å². The van der Waals surface area contributed by atoms with E-state index in [0.717, 1.165) is 18.7 Å². The predicted molar refractivity (Wildman–Crippen MR) is 69.8 cm³/mol. The van der Waals surface area contributed by atoms with Gasteiger partial charge in [0.15, 0.2) is 0 Å². The van der Waals surface area contributed by atoms with E-state index in [1.165, 1.54) is 12.3 Å². The van der Waals surface area contributed by atoms with Crippen molar-refractivity contribution >= 4 is 0 Å². The lowest BCUT2D eigenvalue weighted by Crippen LogP contribution is -2.30. The smallest absolute Gasteiger partial charge is 0.141 e. The zero-order chi connectivity index (χ0) is 13.5. The lowest BCUT2D eigenvalue weighted by molar-refractivity contribution is 0.139. The number of hydrogen-bond acceptors (Lipinski definition) is 4. The van der Waals surface area contributed by atoms with Crippen molar-refractivity contribution in [3.8, 4) is 0 Å². The molecular weight excluding hydrogens is 233 g/mol. The molecule has 2 atom stereocenters. The summed E-state index contributed by atoms with van der Waals surface area (Å²) in [4.78, 5) is 6.15. The van der Waals surface area contributed by atoms with Crippen molar-refractivity contribution in [3.05, 3.63) is 29.8 Å². The van der Waals surface area contributed by atoms with Crippen molar-refractivity contribution < 1.29 is 9.50 Å². The van der Waals surface area contributed by atoms with Crippen molar-refractivity contribution in [2.45, 2.75) is 25.5 Å². The van der Waals surface area contributed by atoms with E-state index in [2.05, 4.69) is 15.2 Å². The maximum Gasteiger partial charge on any atom is 0.141 e. The highest BCUT2D eigenvalue weighted by molar-refractivity contribution is 5.09. The minimum atomic E-state index is -0.327. The second kappa shape index (κ2) is 7.41. The Balaban J connectivity index is 2.49. The van der Waals surface area contributed by atoms with Gasteiger partial charge in [-0.25, -0.2) is 4.39 Å². The summed E-state index contributed by atoms with van der Waals surface area (Å²) in [5.74, 6) is -0.320. The van der Waals surface area contributed by atoms with Crippen molar-refractivity contribution in [2.24, 2.45) is 0 Å². The van der Waals surface area contributed by atoms with Gasteiger partial charge in [-0.1, -0.05) is 0 Å². The maximum atomic E-state index is 12.8. The second-order valence-corrected chi connectivity index (χ2v) is 4.64. The first kappa shape index (κ1) is 15.0. The first-order valence-corrected chi connectivity index (χ1v) is 6.18. The van der Waals surface area contributed by atoms with E-state index < -0.39 is 0 Å². The highest BCUT2D eigenvalue weighted by Gasteiger charge is 2.12. The van der Waals surface area contributed by atoms with Crippen LogP contribution >= 0.6 is 0 Å². The highest BCUT2D eigenvalue weighted by atomic mass is 19.1. The van der Waals surface area contributed by atoms with Gasteiger partial charge < -0.3 is 15.3 Å². The molecule has 0 aliphatic rings. The van der Waals surface area contributed by atoms with Crippen molar-refractivity contribution in [1.29, 1.82) is 0 Å². The Labute approximate surface area is 108 Å². The Morgan fingerprint density at radius 2 is 2.22 bits per heavy atom. The lowest BCUT2D eigenvalue weighted by Gasteiger charge is -2.22. The molecule has 0 saturated carbocycles. The van der Waals surface area contributed by atoms with E-state index in [0.29, 0.717) is 6.54 Å². The van der Waals surface area contributed by atoms with Gasteiger partial charge >= 0.3 is 0 Å². The van der Waals surface area contributed by atoms with E-state index in [4.69, 9.17) is 0 Å². The average Bonchev–Trinajstić information content (AvgIpc) is 2.31. The Hall–Kier alpha value is -1.04. The molecule has 5 heteroatoms. The molecule has 0 aromatic carbocycles. The van der Waals surface area contributed by atoms with E-state index in [1.807, 2.05) is 14.1 Å². The zero-order valence-electron chi connectivity index (χ0n) is 11.2. The van der Waals surface area contributed by atoms with Crippen LogP contribution in [0.4, 0.5) is 4.39 Å². The summed E-state index contributed by atoms with van der Waals surface area (Å²) >= 11 is 0. The van der Waals surface area contributed by atoms with E-state index in [9.17, 15) is 9.50 Å². The van der Waals surface area contributed by atoms with Gasteiger partial charge in [-0.05, 0) is 46.1 Å². The molecule has 1 heterocycles. The molecule has 0 spiro atoms. The molecule has 1 aromatic heterocycles. The SMILES string of the molecule is CNC(CCN(C)CC(C)O)c1ccc(F)cn1. The number of nitrogens with zero attached hydrogens (tertiary/aromatic N) is 2. The van der Waals surface area contributed by atoms with Crippen LogP contribution in [0.5, 0.6) is 0 Å². The van der Waals surface area contributed by atoms with Crippen LogP contribution in [0.25, 0.3) is 0 Å². The van der Waals surface area contributed by atoms with E-state index >= 15 is 0 Å². The van der Waals surface area contributed by atoms with Crippen LogP contribution in [0, 0.1) is 5.82 Å². The molecule has 2 unspecified atom stereocenters. The Kier molecular flexibility index (Phi) is 6.18. The molecule has 4 nitrogen and oxygen atoms in total. The first-order chi connectivity index (χ1) is 8.52. The summed E-state index contributed by atoms with van der Waals surface area (Å²) in [6, 6.07) is 3.22. The third-order valence-corrected chi connectivity index (χ3v) is 2.83. The molecule has 18 heavy (non-hydrogen) atoms. The Morgan fingerprint density at radius 1 is 1.50 bits per heavy atom. The van der Waals surface area contributed by atoms with Crippen LogP contribution in [0.2, 0.25) is 0 Å². The molecular formula is C13H22FN3O. The normalized spacial score (nSPS) is 14.8. The van der Waals surface area contributed by atoms with Gasteiger partial charge in [0.25, 0.3) is 0 Å². The fourth-order valence-corrected chi connectivity index (χ4v) is 1.93. The number of aliphatic hydroxyl groups is 1. The van der Waals surface area contributed by atoms with Gasteiger partial charge in [-0.3, -0.25) is 4.98 Å². The van der Waals surface area contributed by atoms with Gasteiger partial charge in [0.1, 0.15) is 5.82 Å². The molecule has 1 aromatic rings. The van der Waals surface area contributed by atoms with Gasteiger partial charge in [0.2, 0.25) is 0 Å². The molecule has 0 aliphatic heterocycles. The number of halogens is 1. The van der Waals surface area contributed by atoms with Gasteiger partial charge in [-0.2, -0.15) is 0 Å². The average molecular weight is 255 g/mol. The van der Waals surface area contributed by atoms with Crippen LogP contribution in [0.1, 0.15) is 25.1 Å². The van der Waals surface area contributed by atoms with Crippen LogP contribution in [0.3, 0.4) is 0 Å². The summed E-state index contributed by atoms with van der Waals surface area (Å²) in [5.41, 5.74) is 0.837. The van der Waals surface area contributed by atoms with Crippen LogP contribution in [0.15, 0.2) is 18.3 Å². The van der Waals surface area contributed by atoms with Gasteiger partial charge in [0, 0.05) is 6.54 Å². The number of pyridine rings is 1. The van der Waals surface area contributed by atoms with Crippen molar-refractivity contribution in [3.63, 3.8) is 0 Å². The fraction of sp³-hybridized carbons (Fsp3) is 0.615. The highest BCUT2D eigenvalue weighted by Crippen LogP contribution is 2.14. The number of likely N-dealkylation sites (N-methyl/N-ethyl adjacent to an activating group) is 1. The number of aromatic nitrogens is 1. The molecule has 0 amide bonds. The summed E-state index contributed by atoms with van der Waals surface area (Å²) in [5, 5.41) is 12.5. The molecule has 2 N–H and O–H groups in total. The monoisotopic (exact) mass is 255 g/mol. The van der Waals surface area contributed by atoms with E-state index in [1.54, 1.807) is 13.0 Å². The number of aliphatic hydroxyl groups excluding tert-OH is 1. The van der Waals surface area contributed by atoms with Crippen molar-refractivity contribution in [2.75, 3.05) is 27.2 Å².